The van der Waals surface area contributed by atoms with Gasteiger partial charge in [0, 0.05) is 31.2 Å². The number of hydrogen-bond acceptors (Lipinski definition) is 8. The van der Waals surface area contributed by atoms with Crippen molar-refractivity contribution in [3.63, 3.8) is 0 Å². The van der Waals surface area contributed by atoms with E-state index in [9.17, 15) is 10.1 Å². The summed E-state index contributed by atoms with van der Waals surface area (Å²) in [5, 5.41) is 17.2. The summed E-state index contributed by atoms with van der Waals surface area (Å²) in [6.07, 6.45) is 1.26. The van der Waals surface area contributed by atoms with E-state index in [1.807, 2.05) is 12.1 Å². The Balaban J connectivity index is 1.88. The summed E-state index contributed by atoms with van der Waals surface area (Å²) in [6.45, 7) is 3.16. The normalized spacial score (nSPS) is 15.7. The van der Waals surface area contributed by atoms with E-state index in [1.165, 1.54) is 6.33 Å². The van der Waals surface area contributed by atoms with E-state index >= 15 is 0 Å². The molecule has 0 spiro atoms. The van der Waals surface area contributed by atoms with Gasteiger partial charge in [0.15, 0.2) is 0 Å². The van der Waals surface area contributed by atoms with Crippen LogP contribution in [0, 0.1) is 10.1 Å². The van der Waals surface area contributed by atoms with E-state index in [4.69, 9.17) is 23.2 Å². The van der Waals surface area contributed by atoms with Crippen LogP contribution in [0.25, 0.3) is 0 Å². The molecule has 2 aromatic rings. The number of hydrazine groups is 1. The average molecular weight is 398 g/mol. The second kappa shape index (κ2) is 8.00. The molecule has 3 rings (SSSR count). The SMILES string of the molecule is CN1CCN(Nc2ncnc(Nc3cc(Cl)ccc3Cl)c2[N+](=O)[O-])CC1. The number of anilines is 3. The first kappa shape index (κ1) is 18.6. The minimum atomic E-state index is -0.529. The zero-order valence-corrected chi connectivity index (χ0v) is 15.5. The van der Waals surface area contributed by atoms with Crippen LogP contribution in [0.5, 0.6) is 0 Å². The van der Waals surface area contributed by atoms with Crippen molar-refractivity contribution < 1.29 is 4.92 Å². The van der Waals surface area contributed by atoms with Gasteiger partial charge in [0.1, 0.15) is 6.33 Å². The highest BCUT2D eigenvalue weighted by atomic mass is 35.5. The van der Waals surface area contributed by atoms with Gasteiger partial charge in [0.2, 0.25) is 11.6 Å². The zero-order valence-electron chi connectivity index (χ0n) is 13.9. The number of nitrogens with one attached hydrogen (secondary N) is 2. The molecule has 138 valence electrons. The van der Waals surface area contributed by atoms with Gasteiger partial charge >= 0.3 is 5.69 Å². The van der Waals surface area contributed by atoms with Crippen LogP contribution >= 0.6 is 23.2 Å². The molecule has 0 atom stereocenters. The Bertz CT molecular complexity index is 813. The van der Waals surface area contributed by atoms with Gasteiger partial charge in [0.05, 0.1) is 15.6 Å². The molecular formula is C15H17Cl2N7O2. The number of nitrogens with zero attached hydrogens (tertiary/aromatic N) is 5. The minimum absolute atomic E-state index is 0.0331. The zero-order chi connectivity index (χ0) is 18.7. The number of rotatable bonds is 5. The summed E-state index contributed by atoms with van der Waals surface area (Å²) < 4.78 is 0. The molecule has 11 heteroatoms. The van der Waals surface area contributed by atoms with Crippen LogP contribution in [0.3, 0.4) is 0 Å². The molecule has 0 saturated carbocycles. The third-order valence-electron chi connectivity index (χ3n) is 3.95. The van der Waals surface area contributed by atoms with Crippen LogP contribution in [-0.4, -0.2) is 58.0 Å². The van der Waals surface area contributed by atoms with E-state index < -0.39 is 4.92 Å². The van der Waals surface area contributed by atoms with Crippen molar-refractivity contribution in [2.24, 2.45) is 0 Å². The fraction of sp³-hybridized carbons (Fsp3) is 0.333. The number of benzene rings is 1. The van der Waals surface area contributed by atoms with Gasteiger partial charge in [-0.1, -0.05) is 23.2 Å². The van der Waals surface area contributed by atoms with E-state index in [0.29, 0.717) is 15.7 Å². The Kier molecular flexibility index (Phi) is 5.72. The third-order valence-corrected chi connectivity index (χ3v) is 4.52. The standard InChI is InChI=1S/C15H17Cl2N7O2/c1-22-4-6-23(7-5-22)21-15-13(24(25)26)14(18-9-19-15)20-12-8-10(16)2-3-11(12)17/h2-3,8-9H,4-7H2,1H3,(H2,18,19,20,21). The van der Waals surface area contributed by atoms with Crippen molar-refractivity contribution in [1.29, 1.82) is 0 Å². The van der Waals surface area contributed by atoms with Crippen molar-refractivity contribution >= 4 is 46.2 Å². The van der Waals surface area contributed by atoms with Gasteiger partial charge < -0.3 is 10.2 Å². The maximum absolute atomic E-state index is 11.6. The summed E-state index contributed by atoms with van der Waals surface area (Å²) in [5.41, 5.74) is 3.18. The first-order valence-electron chi connectivity index (χ1n) is 7.85. The predicted octanol–water partition coefficient (Wildman–Crippen LogP) is 3.01. The topological polar surface area (TPSA) is 99.5 Å². The van der Waals surface area contributed by atoms with E-state index in [-0.39, 0.29) is 17.3 Å². The summed E-state index contributed by atoms with van der Waals surface area (Å²) in [5.74, 6) is 0.154. The number of piperazine rings is 1. The molecule has 26 heavy (non-hydrogen) atoms. The lowest BCUT2D eigenvalue weighted by Gasteiger charge is -2.32. The largest absolute Gasteiger partial charge is 0.354 e. The van der Waals surface area contributed by atoms with Gasteiger partial charge in [-0.25, -0.2) is 15.0 Å². The number of halogens is 2. The van der Waals surface area contributed by atoms with Crippen LogP contribution in [-0.2, 0) is 0 Å². The Morgan fingerprint density at radius 2 is 1.85 bits per heavy atom. The monoisotopic (exact) mass is 397 g/mol. The fourth-order valence-corrected chi connectivity index (χ4v) is 2.85. The third kappa shape index (κ3) is 4.31. The van der Waals surface area contributed by atoms with E-state index in [2.05, 4.69) is 25.6 Å². The Morgan fingerprint density at radius 3 is 2.54 bits per heavy atom. The Morgan fingerprint density at radius 1 is 1.15 bits per heavy atom. The lowest BCUT2D eigenvalue weighted by atomic mass is 10.3. The molecule has 0 bridgehead atoms. The second-order valence-corrected chi connectivity index (χ2v) is 6.67. The first-order chi connectivity index (χ1) is 12.4. The van der Waals surface area contributed by atoms with E-state index in [0.717, 1.165) is 26.2 Å². The smallest absolute Gasteiger partial charge is 0.333 e. The molecule has 0 amide bonds. The van der Waals surface area contributed by atoms with Crippen LogP contribution < -0.4 is 10.7 Å². The summed E-state index contributed by atoms with van der Waals surface area (Å²) in [7, 11) is 2.03. The molecule has 9 nitrogen and oxygen atoms in total. The molecule has 2 heterocycles. The molecule has 0 radical (unpaired) electrons. The molecule has 1 aliphatic heterocycles. The van der Waals surface area contributed by atoms with E-state index in [1.54, 1.807) is 18.2 Å². The van der Waals surface area contributed by atoms with Crippen molar-refractivity contribution in [2.75, 3.05) is 44.0 Å². The molecule has 1 aliphatic rings. The fourth-order valence-electron chi connectivity index (χ4n) is 2.51. The van der Waals surface area contributed by atoms with Gasteiger partial charge in [-0.15, -0.1) is 0 Å². The number of nitro groups is 1. The van der Waals surface area contributed by atoms with Crippen LogP contribution in [0.15, 0.2) is 24.5 Å². The number of hydrogen-bond donors (Lipinski definition) is 2. The minimum Gasteiger partial charge on any atom is -0.333 e. The van der Waals surface area contributed by atoms with Gasteiger partial charge in [-0.3, -0.25) is 15.5 Å². The van der Waals surface area contributed by atoms with Gasteiger partial charge in [-0.05, 0) is 25.2 Å². The summed E-state index contributed by atoms with van der Waals surface area (Å²) in [6, 6.07) is 4.80. The molecule has 0 aliphatic carbocycles. The first-order valence-corrected chi connectivity index (χ1v) is 8.61. The van der Waals surface area contributed by atoms with Crippen molar-refractivity contribution in [1.82, 2.24) is 19.9 Å². The second-order valence-electron chi connectivity index (χ2n) is 5.83. The molecule has 1 fully saturated rings. The molecule has 1 saturated heterocycles. The van der Waals surface area contributed by atoms with Crippen LogP contribution in [0.4, 0.5) is 23.0 Å². The van der Waals surface area contributed by atoms with Crippen molar-refractivity contribution in [2.45, 2.75) is 0 Å². The average Bonchev–Trinajstić information content (AvgIpc) is 2.60. The molecular weight excluding hydrogens is 381 g/mol. The highest BCUT2D eigenvalue weighted by Gasteiger charge is 2.26. The predicted molar refractivity (Wildman–Crippen MR) is 101 cm³/mol. The van der Waals surface area contributed by atoms with Gasteiger partial charge in [-0.2, -0.15) is 0 Å². The van der Waals surface area contributed by atoms with Gasteiger partial charge in [0.25, 0.3) is 0 Å². The summed E-state index contributed by atoms with van der Waals surface area (Å²) in [4.78, 5) is 21.3. The molecule has 2 N–H and O–H groups in total. The lowest BCUT2D eigenvalue weighted by molar-refractivity contribution is -0.383. The maximum atomic E-state index is 11.6. The van der Waals surface area contributed by atoms with Crippen molar-refractivity contribution in [3.8, 4) is 0 Å². The highest BCUT2D eigenvalue weighted by molar-refractivity contribution is 6.35. The highest BCUT2D eigenvalue weighted by Crippen LogP contribution is 2.34. The van der Waals surface area contributed by atoms with Crippen molar-refractivity contribution in [3.05, 3.63) is 44.7 Å². The number of likely N-dealkylation sites (N-methyl/N-ethyl adjacent to an activating group) is 1. The molecule has 1 aromatic heterocycles. The van der Waals surface area contributed by atoms with Crippen LogP contribution in [0.1, 0.15) is 0 Å². The quantitative estimate of drug-likeness (QED) is 0.586. The van der Waals surface area contributed by atoms with Crippen LogP contribution in [0.2, 0.25) is 10.0 Å². The molecule has 1 aromatic carbocycles. The summed E-state index contributed by atoms with van der Waals surface area (Å²) >= 11 is 12.1. The Hall–Kier alpha value is -2.20. The maximum Gasteiger partial charge on any atom is 0.354 e. The molecule has 0 unspecified atom stereocenters. The number of aromatic nitrogens is 2. The lowest BCUT2D eigenvalue weighted by Crippen LogP contribution is -2.47. The Labute approximate surface area is 160 Å².